The first-order chi connectivity index (χ1) is 5.96. The maximum absolute atomic E-state index is 11.3. The molecule has 0 fully saturated rings. The summed E-state index contributed by atoms with van der Waals surface area (Å²) in [6.07, 6.45) is 1.42. The second-order valence-electron chi connectivity index (χ2n) is 2.71. The molecule has 0 amide bonds. The van der Waals surface area contributed by atoms with E-state index in [4.69, 9.17) is 39.5 Å². The van der Waals surface area contributed by atoms with Crippen LogP contribution in [0.4, 0.5) is 0 Å². The highest BCUT2D eigenvalue weighted by Crippen LogP contribution is 2.26. The van der Waals surface area contributed by atoms with E-state index in [1.165, 1.54) is 0 Å². The number of ether oxygens (including phenoxy) is 1. The number of carbonyl (C=O) groups excluding carboxylic acids is 1. The van der Waals surface area contributed by atoms with Crippen molar-refractivity contribution in [2.24, 2.45) is 5.92 Å². The van der Waals surface area contributed by atoms with Gasteiger partial charge < -0.3 is 4.74 Å². The average Bonchev–Trinajstić information content (AvgIpc) is 2.06. The van der Waals surface area contributed by atoms with Crippen molar-refractivity contribution in [3.05, 3.63) is 0 Å². The molecule has 0 heterocycles. The molecule has 0 N–H and O–H groups in total. The van der Waals surface area contributed by atoms with Crippen molar-refractivity contribution in [3.8, 4) is 0 Å². The Morgan fingerprint density at radius 3 is 2.15 bits per heavy atom. The van der Waals surface area contributed by atoms with Crippen molar-refractivity contribution in [2.45, 2.75) is 31.2 Å². The second kappa shape index (κ2) is 5.94. The summed E-state index contributed by atoms with van der Waals surface area (Å²) in [4.78, 5) is 11.3. The van der Waals surface area contributed by atoms with Gasteiger partial charge in [0.2, 0.25) is 0 Å². The Morgan fingerprint density at radius 1 is 1.38 bits per heavy atom. The lowest BCUT2D eigenvalue weighted by Gasteiger charge is -2.20. The van der Waals surface area contributed by atoms with E-state index in [-0.39, 0.29) is 11.8 Å². The van der Waals surface area contributed by atoms with E-state index in [0.717, 1.165) is 0 Å². The first kappa shape index (κ1) is 13.3. The molecule has 0 aromatic rings. The summed E-state index contributed by atoms with van der Waals surface area (Å²) in [5.74, 6) is -0.683. The Morgan fingerprint density at radius 2 is 1.85 bits per heavy atom. The first-order valence-corrected chi connectivity index (χ1v) is 5.42. The second-order valence-corrected chi connectivity index (χ2v) is 4.39. The number of carbonyl (C=O) groups is 1. The molecular formula is C8H13Cl3O2. The van der Waals surface area contributed by atoms with Gasteiger partial charge in [0.1, 0.15) is 0 Å². The third-order valence-corrected chi connectivity index (χ3v) is 2.80. The van der Waals surface area contributed by atoms with Crippen LogP contribution in [0, 0.1) is 5.92 Å². The lowest BCUT2D eigenvalue weighted by molar-refractivity contribution is -0.151. The van der Waals surface area contributed by atoms with Crippen molar-refractivity contribution in [3.63, 3.8) is 0 Å². The number of halogens is 3. The molecule has 0 aromatic carbocycles. The first-order valence-electron chi connectivity index (χ1n) is 4.13. The molecule has 78 valence electrons. The molecular weight excluding hydrogens is 234 g/mol. The van der Waals surface area contributed by atoms with Gasteiger partial charge in [0, 0.05) is 0 Å². The predicted molar refractivity (Wildman–Crippen MR) is 55.3 cm³/mol. The van der Waals surface area contributed by atoms with Crippen LogP contribution in [0.25, 0.3) is 0 Å². The van der Waals surface area contributed by atoms with Gasteiger partial charge in [0.15, 0.2) is 0 Å². The summed E-state index contributed by atoms with van der Waals surface area (Å²) < 4.78 is 3.19. The Kier molecular flexibility index (Phi) is 6.10. The molecule has 0 saturated carbocycles. The van der Waals surface area contributed by atoms with Crippen molar-refractivity contribution in [2.75, 3.05) is 5.88 Å². The Bertz CT molecular complexity index is 167. The zero-order valence-electron chi connectivity index (χ0n) is 7.65. The van der Waals surface area contributed by atoms with Crippen molar-refractivity contribution in [1.82, 2.24) is 0 Å². The highest BCUT2D eigenvalue weighted by Gasteiger charge is 2.30. The molecule has 0 aromatic heterocycles. The highest BCUT2D eigenvalue weighted by molar-refractivity contribution is 6.50. The minimum Gasteiger partial charge on any atom is -0.427 e. The van der Waals surface area contributed by atoms with Crippen LogP contribution in [0.5, 0.6) is 0 Å². The summed E-state index contributed by atoms with van der Waals surface area (Å²) in [5, 5.41) is 0. The summed E-state index contributed by atoms with van der Waals surface area (Å²) in [6.45, 7) is 3.81. The molecule has 13 heavy (non-hydrogen) atoms. The van der Waals surface area contributed by atoms with Crippen LogP contribution in [0.15, 0.2) is 0 Å². The fraction of sp³-hybridized carbons (Fsp3) is 0.875. The van der Waals surface area contributed by atoms with Crippen LogP contribution in [0.2, 0.25) is 0 Å². The number of rotatable bonds is 5. The van der Waals surface area contributed by atoms with Crippen LogP contribution in [0.3, 0.4) is 0 Å². The monoisotopic (exact) mass is 246 g/mol. The van der Waals surface area contributed by atoms with E-state index in [0.29, 0.717) is 12.8 Å². The van der Waals surface area contributed by atoms with Gasteiger partial charge in [-0.3, -0.25) is 4.79 Å². The lowest BCUT2D eigenvalue weighted by Crippen LogP contribution is -2.28. The maximum atomic E-state index is 11.3. The molecule has 0 radical (unpaired) electrons. The van der Waals surface area contributed by atoms with E-state index < -0.39 is 10.5 Å². The largest absolute Gasteiger partial charge is 0.427 e. The maximum Gasteiger partial charge on any atom is 0.311 e. The normalized spacial score (nSPS) is 11.8. The van der Waals surface area contributed by atoms with Crippen LogP contribution in [-0.2, 0) is 9.53 Å². The fourth-order valence-electron chi connectivity index (χ4n) is 0.880. The Balaban J connectivity index is 4.13. The molecule has 2 nitrogen and oxygen atoms in total. The fourth-order valence-corrected chi connectivity index (χ4v) is 1.09. The SMILES string of the molecule is CCC(CC)C(=O)OC(Cl)(Cl)CCl. The van der Waals surface area contributed by atoms with Gasteiger partial charge in [-0.1, -0.05) is 37.0 Å². The van der Waals surface area contributed by atoms with Crippen LogP contribution < -0.4 is 0 Å². The van der Waals surface area contributed by atoms with Gasteiger partial charge in [0.25, 0.3) is 4.52 Å². The minimum atomic E-state index is -1.60. The third kappa shape index (κ3) is 4.94. The topological polar surface area (TPSA) is 26.3 Å². The van der Waals surface area contributed by atoms with E-state index >= 15 is 0 Å². The smallest absolute Gasteiger partial charge is 0.311 e. The highest BCUT2D eigenvalue weighted by atomic mass is 35.5. The molecule has 0 bridgehead atoms. The zero-order valence-corrected chi connectivity index (χ0v) is 9.92. The van der Waals surface area contributed by atoms with Gasteiger partial charge in [-0.15, -0.1) is 11.6 Å². The molecule has 0 aliphatic heterocycles. The molecule has 0 atom stereocenters. The van der Waals surface area contributed by atoms with E-state index in [1.807, 2.05) is 13.8 Å². The Hall–Kier alpha value is 0.340. The minimum absolute atomic E-state index is 0.137. The molecule has 0 spiro atoms. The van der Waals surface area contributed by atoms with Gasteiger partial charge in [-0.25, -0.2) is 0 Å². The van der Waals surface area contributed by atoms with E-state index in [1.54, 1.807) is 0 Å². The average molecular weight is 248 g/mol. The van der Waals surface area contributed by atoms with Crippen LogP contribution in [0.1, 0.15) is 26.7 Å². The summed E-state index contributed by atoms with van der Waals surface area (Å²) in [6, 6.07) is 0. The molecule has 5 heteroatoms. The summed E-state index contributed by atoms with van der Waals surface area (Å²) in [7, 11) is 0. The number of hydrogen-bond acceptors (Lipinski definition) is 2. The Labute approximate surface area is 93.5 Å². The van der Waals surface area contributed by atoms with Gasteiger partial charge in [0.05, 0.1) is 11.8 Å². The van der Waals surface area contributed by atoms with Crippen molar-refractivity contribution in [1.29, 1.82) is 0 Å². The molecule has 0 aliphatic rings. The summed E-state index contributed by atoms with van der Waals surface area (Å²) in [5.41, 5.74) is 0. The number of esters is 1. The van der Waals surface area contributed by atoms with E-state index in [2.05, 4.69) is 0 Å². The molecule has 0 rings (SSSR count). The molecule has 0 saturated heterocycles. The van der Waals surface area contributed by atoms with Gasteiger partial charge in [-0.05, 0) is 12.8 Å². The quantitative estimate of drug-likeness (QED) is 0.550. The predicted octanol–water partition coefficient (Wildman–Crippen LogP) is 3.34. The summed E-state index contributed by atoms with van der Waals surface area (Å²) >= 11 is 16.5. The van der Waals surface area contributed by atoms with Gasteiger partial charge in [-0.2, -0.15) is 0 Å². The van der Waals surface area contributed by atoms with Crippen molar-refractivity contribution >= 4 is 40.8 Å². The van der Waals surface area contributed by atoms with Crippen LogP contribution in [-0.4, -0.2) is 16.4 Å². The third-order valence-electron chi connectivity index (χ3n) is 1.72. The number of hydrogen-bond donors (Lipinski definition) is 0. The zero-order chi connectivity index (χ0) is 10.5. The van der Waals surface area contributed by atoms with E-state index in [9.17, 15) is 4.79 Å². The molecule has 0 aliphatic carbocycles. The van der Waals surface area contributed by atoms with Crippen LogP contribution >= 0.6 is 34.8 Å². The molecule has 0 unspecified atom stereocenters. The number of alkyl halides is 3. The standard InChI is InChI=1S/C8H13Cl3O2/c1-3-6(4-2)7(12)13-8(10,11)5-9/h6H,3-5H2,1-2H3. The van der Waals surface area contributed by atoms with Crippen molar-refractivity contribution < 1.29 is 9.53 Å². The van der Waals surface area contributed by atoms with Gasteiger partial charge >= 0.3 is 5.97 Å². The lowest BCUT2D eigenvalue weighted by atomic mass is 10.0.